The average Bonchev–Trinajstić information content (AvgIpc) is 2.47. The van der Waals surface area contributed by atoms with Crippen LogP contribution in [0.2, 0.25) is 0 Å². The molecule has 1 amide bonds. The van der Waals surface area contributed by atoms with E-state index >= 15 is 0 Å². The third-order valence-electron chi connectivity index (χ3n) is 3.59. The van der Waals surface area contributed by atoms with Crippen molar-refractivity contribution in [3.8, 4) is 0 Å². The summed E-state index contributed by atoms with van der Waals surface area (Å²) in [5.41, 5.74) is 0.801. The van der Waals surface area contributed by atoms with E-state index in [2.05, 4.69) is 31.3 Å². The number of likely N-dealkylation sites (tertiary alicyclic amines) is 1. The molecule has 1 atom stereocenters. The van der Waals surface area contributed by atoms with Gasteiger partial charge in [-0.05, 0) is 44.2 Å². The van der Waals surface area contributed by atoms with Crippen LogP contribution in [0.4, 0.5) is 0 Å². The maximum absolute atomic E-state index is 12.5. The Balaban J connectivity index is 2.01. The van der Waals surface area contributed by atoms with Gasteiger partial charge in [0, 0.05) is 34.8 Å². The highest BCUT2D eigenvalue weighted by atomic mass is 32.2. The van der Waals surface area contributed by atoms with Crippen LogP contribution in [-0.2, 0) is 0 Å². The van der Waals surface area contributed by atoms with Gasteiger partial charge in [-0.3, -0.25) is 4.79 Å². The molecule has 0 saturated carbocycles. The number of rotatable bonds is 4. The molecule has 3 nitrogen and oxygen atoms in total. The molecule has 20 heavy (non-hydrogen) atoms. The molecule has 110 valence electrons. The maximum Gasteiger partial charge on any atom is 0.253 e. The van der Waals surface area contributed by atoms with Crippen LogP contribution in [0.3, 0.4) is 0 Å². The minimum Gasteiger partial charge on any atom is -0.337 e. The number of likely N-dealkylation sites (N-methyl/N-ethyl adjacent to an activating group) is 1. The molecule has 0 spiro atoms. The van der Waals surface area contributed by atoms with Gasteiger partial charge in [-0.25, -0.2) is 0 Å². The number of piperidine rings is 1. The largest absolute Gasteiger partial charge is 0.337 e. The van der Waals surface area contributed by atoms with Gasteiger partial charge in [0.25, 0.3) is 5.91 Å². The van der Waals surface area contributed by atoms with Crippen molar-refractivity contribution < 1.29 is 4.79 Å². The van der Waals surface area contributed by atoms with Crippen molar-refractivity contribution >= 4 is 17.7 Å². The Morgan fingerprint density at radius 2 is 2.05 bits per heavy atom. The molecular weight excluding hydrogens is 268 g/mol. The predicted octanol–water partition coefficient (Wildman–Crippen LogP) is 3.01. The highest BCUT2D eigenvalue weighted by Crippen LogP contribution is 2.23. The van der Waals surface area contributed by atoms with Crippen LogP contribution in [0.25, 0.3) is 0 Å². The third kappa shape index (κ3) is 4.00. The fourth-order valence-corrected chi connectivity index (χ4v) is 3.37. The SMILES string of the molecule is CNC1CCCN(C(=O)c2ccc(SC(C)C)cc2)C1. The predicted molar refractivity (Wildman–Crippen MR) is 85.4 cm³/mol. The number of nitrogens with zero attached hydrogens (tertiary/aromatic N) is 1. The van der Waals surface area contributed by atoms with E-state index in [1.54, 1.807) is 0 Å². The number of hydrogen-bond acceptors (Lipinski definition) is 3. The Morgan fingerprint density at radius 3 is 2.65 bits per heavy atom. The molecule has 1 aliphatic heterocycles. The summed E-state index contributed by atoms with van der Waals surface area (Å²) in [6.45, 7) is 6.04. The first kappa shape index (κ1) is 15.4. The molecule has 2 rings (SSSR count). The fraction of sp³-hybridized carbons (Fsp3) is 0.562. The van der Waals surface area contributed by atoms with Crippen molar-refractivity contribution in [1.82, 2.24) is 10.2 Å². The van der Waals surface area contributed by atoms with E-state index in [4.69, 9.17) is 0 Å². The highest BCUT2D eigenvalue weighted by Gasteiger charge is 2.23. The van der Waals surface area contributed by atoms with Crippen molar-refractivity contribution in [3.63, 3.8) is 0 Å². The van der Waals surface area contributed by atoms with E-state index in [0.29, 0.717) is 11.3 Å². The summed E-state index contributed by atoms with van der Waals surface area (Å²) in [6, 6.07) is 8.45. The molecule has 1 heterocycles. The van der Waals surface area contributed by atoms with Gasteiger partial charge in [0.2, 0.25) is 0 Å². The second kappa shape index (κ2) is 7.14. The zero-order chi connectivity index (χ0) is 14.5. The molecule has 1 aromatic carbocycles. The Morgan fingerprint density at radius 1 is 1.35 bits per heavy atom. The van der Waals surface area contributed by atoms with Crippen LogP contribution in [0.5, 0.6) is 0 Å². The Labute approximate surface area is 126 Å². The van der Waals surface area contributed by atoms with Crippen LogP contribution in [0.15, 0.2) is 29.2 Å². The Kier molecular flexibility index (Phi) is 5.49. The molecule has 4 heteroatoms. The number of hydrogen-bond donors (Lipinski definition) is 1. The molecule has 0 bridgehead atoms. The van der Waals surface area contributed by atoms with Crippen molar-refractivity contribution in [3.05, 3.63) is 29.8 Å². The summed E-state index contributed by atoms with van der Waals surface area (Å²) < 4.78 is 0. The first-order valence-electron chi connectivity index (χ1n) is 7.33. The highest BCUT2D eigenvalue weighted by molar-refractivity contribution is 7.99. The lowest BCUT2D eigenvalue weighted by molar-refractivity contribution is 0.0698. The van der Waals surface area contributed by atoms with E-state index in [-0.39, 0.29) is 5.91 Å². The van der Waals surface area contributed by atoms with E-state index in [1.807, 2.05) is 35.8 Å². The van der Waals surface area contributed by atoms with Crippen LogP contribution in [0.1, 0.15) is 37.0 Å². The number of thioether (sulfide) groups is 1. The van der Waals surface area contributed by atoms with Crippen molar-refractivity contribution in [2.24, 2.45) is 0 Å². The van der Waals surface area contributed by atoms with Crippen molar-refractivity contribution in [1.29, 1.82) is 0 Å². The molecule has 1 fully saturated rings. The standard InChI is InChI=1S/C16H24N2OS/c1-12(2)20-15-8-6-13(7-9-15)16(19)18-10-4-5-14(11-18)17-3/h6-9,12,14,17H,4-5,10-11H2,1-3H3. The molecule has 1 aromatic rings. The molecule has 0 aliphatic carbocycles. The second-order valence-corrected chi connectivity index (χ2v) is 7.22. The lowest BCUT2D eigenvalue weighted by Crippen LogP contribution is -2.46. The quantitative estimate of drug-likeness (QED) is 0.866. The maximum atomic E-state index is 12.5. The van der Waals surface area contributed by atoms with Gasteiger partial charge in [-0.1, -0.05) is 13.8 Å². The van der Waals surface area contributed by atoms with Crippen LogP contribution >= 0.6 is 11.8 Å². The van der Waals surface area contributed by atoms with Gasteiger partial charge in [-0.2, -0.15) is 0 Å². The normalized spacial score (nSPS) is 19.4. The summed E-state index contributed by atoms with van der Waals surface area (Å²) in [4.78, 5) is 15.7. The van der Waals surface area contributed by atoms with Crippen LogP contribution in [-0.4, -0.2) is 42.2 Å². The minimum absolute atomic E-state index is 0.158. The second-order valence-electron chi connectivity index (χ2n) is 5.57. The van der Waals surface area contributed by atoms with Gasteiger partial charge in [0.1, 0.15) is 0 Å². The van der Waals surface area contributed by atoms with E-state index < -0.39 is 0 Å². The summed E-state index contributed by atoms with van der Waals surface area (Å²) >= 11 is 1.82. The average molecular weight is 292 g/mol. The first-order valence-corrected chi connectivity index (χ1v) is 8.21. The summed E-state index contributed by atoms with van der Waals surface area (Å²) in [5.74, 6) is 0.158. The van der Waals surface area contributed by atoms with Crippen molar-refractivity contribution in [2.75, 3.05) is 20.1 Å². The molecule has 1 saturated heterocycles. The fourth-order valence-electron chi connectivity index (χ4n) is 2.53. The van der Waals surface area contributed by atoms with Gasteiger partial charge >= 0.3 is 0 Å². The van der Waals surface area contributed by atoms with E-state index in [0.717, 1.165) is 31.5 Å². The number of nitrogens with one attached hydrogen (secondary N) is 1. The topological polar surface area (TPSA) is 32.3 Å². The molecule has 1 unspecified atom stereocenters. The van der Waals surface area contributed by atoms with Crippen LogP contribution in [0, 0.1) is 0 Å². The molecule has 0 aromatic heterocycles. The smallest absolute Gasteiger partial charge is 0.253 e. The monoisotopic (exact) mass is 292 g/mol. The molecule has 1 N–H and O–H groups in total. The lowest BCUT2D eigenvalue weighted by Gasteiger charge is -2.32. The van der Waals surface area contributed by atoms with Crippen LogP contribution < -0.4 is 5.32 Å². The molecule has 1 aliphatic rings. The van der Waals surface area contributed by atoms with Gasteiger partial charge in [0.05, 0.1) is 0 Å². The number of carbonyl (C=O) groups is 1. The lowest BCUT2D eigenvalue weighted by atomic mass is 10.0. The summed E-state index contributed by atoms with van der Waals surface area (Å²) in [6.07, 6.45) is 2.24. The Hall–Kier alpha value is -1.00. The Bertz CT molecular complexity index is 444. The van der Waals surface area contributed by atoms with Crippen molar-refractivity contribution in [2.45, 2.75) is 42.9 Å². The van der Waals surface area contributed by atoms with Gasteiger partial charge in [0.15, 0.2) is 0 Å². The van der Waals surface area contributed by atoms with Gasteiger partial charge in [-0.15, -0.1) is 11.8 Å². The molecular formula is C16H24N2OS. The zero-order valence-corrected chi connectivity index (χ0v) is 13.4. The van der Waals surface area contributed by atoms with E-state index in [1.165, 1.54) is 4.90 Å². The number of amides is 1. The number of carbonyl (C=O) groups excluding carboxylic acids is 1. The third-order valence-corrected chi connectivity index (χ3v) is 4.61. The summed E-state index contributed by atoms with van der Waals surface area (Å²) in [7, 11) is 1.97. The summed E-state index contributed by atoms with van der Waals surface area (Å²) in [5, 5.41) is 3.84. The molecule has 0 radical (unpaired) electrons. The zero-order valence-electron chi connectivity index (χ0n) is 12.6. The van der Waals surface area contributed by atoms with E-state index in [9.17, 15) is 4.79 Å². The minimum atomic E-state index is 0.158. The first-order chi connectivity index (χ1) is 9.60. The number of benzene rings is 1. The van der Waals surface area contributed by atoms with Gasteiger partial charge < -0.3 is 10.2 Å².